The van der Waals surface area contributed by atoms with Crippen molar-refractivity contribution in [3.05, 3.63) is 41.0 Å². The molecule has 0 aromatic heterocycles. The predicted molar refractivity (Wildman–Crippen MR) is 107 cm³/mol. The highest BCUT2D eigenvalue weighted by Crippen LogP contribution is 2.42. The molecule has 0 aliphatic rings. The van der Waals surface area contributed by atoms with Gasteiger partial charge in [-0.3, -0.25) is 4.79 Å². The number of carbonyl (C=O) groups excluding carboxylic acids is 1. The van der Waals surface area contributed by atoms with Crippen LogP contribution in [0.25, 0.3) is 0 Å². The third-order valence-electron chi connectivity index (χ3n) is 4.90. The van der Waals surface area contributed by atoms with E-state index >= 15 is 0 Å². The molecular weight excluding hydrogens is 360 g/mol. The van der Waals surface area contributed by atoms with Gasteiger partial charge in [0.1, 0.15) is 5.78 Å². The van der Waals surface area contributed by atoms with Crippen LogP contribution >= 0.6 is 0 Å². The zero-order chi connectivity index (χ0) is 20.8. The number of rotatable bonds is 9. The molecule has 0 amide bonds. The highest BCUT2D eigenvalue weighted by Gasteiger charge is 2.23. The van der Waals surface area contributed by atoms with Crippen LogP contribution in [-0.4, -0.2) is 39.3 Å². The van der Waals surface area contributed by atoms with Crippen molar-refractivity contribution in [3.8, 4) is 28.7 Å². The Labute approximate surface area is 166 Å². The molecule has 2 aromatic carbocycles. The SMILES string of the molecule is CCC(C(C)=O)c1cc(OC)c(OC)cc1Cc1ccc(OC)c(OC)c1O. The van der Waals surface area contributed by atoms with Gasteiger partial charge in [-0.15, -0.1) is 0 Å². The average molecular weight is 388 g/mol. The molecular formula is C22H28O6. The fraction of sp³-hybridized carbons (Fsp3) is 0.409. The smallest absolute Gasteiger partial charge is 0.203 e. The van der Waals surface area contributed by atoms with Crippen molar-refractivity contribution in [3.63, 3.8) is 0 Å². The molecule has 0 aliphatic carbocycles. The van der Waals surface area contributed by atoms with E-state index in [1.165, 1.54) is 14.2 Å². The van der Waals surface area contributed by atoms with Gasteiger partial charge in [0.2, 0.25) is 5.75 Å². The van der Waals surface area contributed by atoms with Crippen LogP contribution in [0.1, 0.15) is 42.9 Å². The quantitative estimate of drug-likeness (QED) is 0.697. The Morgan fingerprint density at radius 1 is 0.929 bits per heavy atom. The minimum Gasteiger partial charge on any atom is -0.504 e. The maximum Gasteiger partial charge on any atom is 0.203 e. The number of hydrogen-bond acceptors (Lipinski definition) is 6. The number of carbonyl (C=O) groups is 1. The summed E-state index contributed by atoms with van der Waals surface area (Å²) in [6.45, 7) is 3.56. The summed E-state index contributed by atoms with van der Waals surface area (Å²) in [5.74, 6) is 1.69. The van der Waals surface area contributed by atoms with Crippen molar-refractivity contribution >= 4 is 5.78 Å². The molecule has 0 spiro atoms. The summed E-state index contributed by atoms with van der Waals surface area (Å²) in [6, 6.07) is 7.24. The van der Waals surface area contributed by atoms with Crippen LogP contribution in [0.5, 0.6) is 28.7 Å². The van der Waals surface area contributed by atoms with Gasteiger partial charge < -0.3 is 24.1 Å². The Morgan fingerprint density at radius 3 is 2.04 bits per heavy atom. The number of aromatic hydroxyl groups is 1. The lowest BCUT2D eigenvalue weighted by atomic mass is 9.86. The predicted octanol–water partition coefficient (Wildman–Crippen LogP) is 4.10. The number of benzene rings is 2. The molecule has 0 saturated carbocycles. The minimum atomic E-state index is -0.267. The van der Waals surface area contributed by atoms with Crippen LogP contribution in [0.4, 0.5) is 0 Å². The number of phenolic OH excluding ortho intramolecular Hbond substituents is 1. The maximum atomic E-state index is 12.2. The fourth-order valence-electron chi connectivity index (χ4n) is 3.44. The number of methoxy groups -OCH3 is 4. The van der Waals surface area contributed by atoms with Gasteiger partial charge in [-0.05, 0) is 42.7 Å². The van der Waals surface area contributed by atoms with Crippen LogP contribution in [0.15, 0.2) is 24.3 Å². The van der Waals surface area contributed by atoms with Gasteiger partial charge >= 0.3 is 0 Å². The van der Waals surface area contributed by atoms with Crippen molar-refractivity contribution in [2.75, 3.05) is 28.4 Å². The Kier molecular flexibility index (Phi) is 7.15. The molecule has 2 rings (SSSR count). The molecule has 6 nitrogen and oxygen atoms in total. The lowest BCUT2D eigenvalue weighted by Crippen LogP contribution is -2.11. The largest absolute Gasteiger partial charge is 0.504 e. The maximum absolute atomic E-state index is 12.2. The molecule has 0 saturated heterocycles. The summed E-state index contributed by atoms with van der Waals surface area (Å²) in [6.07, 6.45) is 1.06. The summed E-state index contributed by atoms with van der Waals surface area (Å²) in [4.78, 5) is 12.2. The van der Waals surface area contributed by atoms with Crippen LogP contribution in [-0.2, 0) is 11.2 Å². The summed E-state index contributed by atoms with van der Waals surface area (Å²) in [7, 11) is 6.13. The summed E-state index contributed by atoms with van der Waals surface area (Å²) < 4.78 is 21.4. The van der Waals surface area contributed by atoms with E-state index in [0.29, 0.717) is 35.7 Å². The molecule has 1 atom stereocenters. The first-order valence-electron chi connectivity index (χ1n) is 9.09. The highest BCUT2D eigenvalue weighted by molar-refractivity contribution is 5.84. The first-order valence-corrected chi connectivity index (χ1v) is 9.09. The van der Waals surface area contributed by atoms with Crippen molar-refractivity contribution in [1.82, 2.24) is 0 Å². The standard InChI is InChI=1S/C22H28O6/c1-7-16(13(2)23)17-12-20(27-5)19(26-4)11-15(17)10-14-8-9-18(25-3)22(28-6)21(14)24/h8-9,11-12,16,24H,7,10H2,1-6H3. The number of Topliss-reactive ketones (excluding diaryl/α,β-unsaturated/α-hetero) is 1. The second kappa shape index (κ2) is 9.35. The van der Waals surface area contributed by atoms with Crippen LogP contribution in [0.3, 0.4) is 0 Å². The summed E-state index contributed by atoms with van der Waals surface area (Å²) in [5, 5.41) is 10.7. The Bertz CT molecular complexity index is 843. The molecule has 0 aliphatic heterocycles. The summed E-state index contributed by atoms with van der Waals surface area (Å²) >= 11 is 0. The van der Waals surface area contributed by atoms with Crippen molar-refractivity contribution in [2.24, 2.45) is 0 Å². The second-order valence-electron chi connectivity index (χ2n) is 6.46. The molecule has 152 valence electrons. The molecule has 28 heavy (non-hydrogen) atoms. The molecule has 0 bridgehead atoms. The van der Waals surface area contributed by atoms with Crippen LogP contribution < -0.4 is 18.9 Å². The van der Waals surface area contributed by atoms with Gasteiger partial charge in [0.05, 0.1) is 28.4 Å². The van der Waals surface area contributed by atoms with Crippen molar-refractivity contribution in [2.45, 2.75) is 32.6 Å². The lowest BCUT2D eigenvalue weighted by molar-refractivity contribution is -0.118. The van der Waals surface area contributed by atoms with Crippen molar-refractivity contribution in [1.29, 1.82) is 0 Å². The fourth-order valence-corrected chi connectivity index (χ4v) is 3.44. The van der Waals surface area contributed by atoms with E-state index in [0.717, 1.165) is 11.1 Å². The van der Waals surface area contributed by atoms with Gasteiger partial charge in [-0.25, -0.2) is 0 Å². The molecule has 0 radical (unpaired) electrons. The van der Waals surface area contributed by atoms with E-state index in [2.05, 4.69) is 0 Å². The molecule has 0 heterocycles. The summed E-state index contributed by atoms with van der Waals surface area (Å²) in [5.41, 5.74) is 2.40. The van der Waals surface area contributed by atoms with E-state index in [4.69, 9.17) is 18.9 Å². The third-order valence-corrected chi connectivity index (χ3v) is 4.90. The van der Waals surface area contributed by atoms with Crippen LogP contribution in [0, 0.1) is 0 Å². The van der Waals surface area contributed by atoms with Gasteiger partial charge in [0.25, 0.3) is 0 Å². The number of phenols is 1. The Hall–Kier alpha value is -2.89. The van der Waals surface area contributed by atoms with Gasteiger partial charge in [-0.1, -0.05) is 13.0 Å². The zero-order valence-electron chi connectivity index (χ0n) is 17.3. The molecule has 2 aromatic rings. The molecule has 0 fully saturated rings. The van der Waals surface area contributed by atoms with Crippen molar-refractivity contribution < 1.29 is 28.8 Å². The van der Waals surface area contributed by atoms with E-state index in [1.54, 1.807) is 33.3 Å². The molecule has 6 heteroatoms. The number of hydrogen-bond donors (Lipinski definition) is 1. The Morgan fingerprint density at radius 2 is 1.54 bits per heavy atom. The average Bonchev–Trinajstić information content (AvgIpc) is 2.69. The normalized spacial score (nSPS) is 11.6. The monoisotopic (exact) mass is 388 g/mol. The van der Waals surface area contributed by atoms with E-state index in [1.807, 2.05) is 19.1 Å². The molecule has 1 unspecified atom stereocenters. The van der Waals surface area contributed by atoms with E-state index in [-0.39, 0.29) is 23.2 Å². The number of ketones is 1. The van der Waals surface area contributed by atoms with Gasteiger partial charge in [0.15, 0.2) is 23.0 Å². The zero-order valence-corrected chi connectivity index (χ0v) is 17.3. The van der Waals surface area contributed by atoms with Gasteiger partial charge in [0, 0.05) is 17.9 Å². The number of ether oxygens (including phenoxy) is 4. The molecule has 1 N–H and O–H groups in total. The Balaban J connectivity index is 2.62. The van der Waals surface area contributed by atoms with E-state index in [9.17, 15) is 9.90 Å². The van der Waals surface area contributed by atoms with Gasteiger partial charge in [-0.2, -0.15) is 0 Å². The van der Waals surface area contributed by atoms with Crippen LogP contribution in [0.2, 0.25) is 0 Å². The van der Waals surface area contributed by atoms with E-state index < -0.39 is 0 Å². The first-order chi connectivity index (χ1) is 13.4. The topological polar surface area (TPSA) is 74.2 Å². The minimum absolute atomic E-state index is 0.0125. The highest BCUT2D eigenvalue weighted by atomic mass is 16.5. The lowest BCUT2D eigenvalue weighted by Gasteiger charge is -2.21. The second-order valence-corrected chi connectivity index (χ2v) is 6.46. The first kappa shape index (κ1) is 21.4. The third kappa shape index (κ3) is 4.16.